The molecule has 0 heterocycles. The SMILES string of the molecule is CC(C)(C)c1ccc(C=NNC(=S)Nc2ccccc2[N+](=O)[O-])cc1. The summed E-state index contributed by atoms with van der Waals surface area (Å²) in [6.45, 7) is 6.47. The van der Waals surface area contributed by atoms with E-state index >= 15 is 0 Å². The van der Waals surface area contributed by atoms with E-state index in [1.54, 1.807) is 24.4 Å². The molecule has 7 heteroatoms. The molecule has 2 N–H and O–H groups in total. The van der Waals surface area contributed by atoms with Gasteiger partial charge in [0.1, 0.15) is 5.69 Å². The smallest absolute Gasteiger partial charge is 0.292 e. The fourth-order valence-corrected chi connectivity index (χ4v) is 2.29. The average molecular weight is 356 g/mol. The van der Waals surface area contributed by atoms with Crippen LogP contribution in [0.5, 0.6) is 0 Å². The number of hydrogen-bond acceptors (Lipinski definition) is 4. The first-order valence-electron chi connectivity index (χ1n) is 7.71. The summed E-state index contributed by atoms with van der Waals surface area (Å²) in [5.41, 5.74) is 5.19. The van der Waals surface area contributed by atoms with Gasteiger partial charge in [0, 0.05) is 6.07 Å². The van der Waals surface area contributed by atoms with E-state index in [-0.39, 0.29) is 16.2 Å². The Hall–Kier alpha value is -2.80. The summed E-state index contributed by atoms with van der Waals surface area (Å²) < 4.78 is 0. The molecule has 0 unspecified atom stereocenters. The number of thiocarbonyl (C=S) groups is 1. The molecule has 25 heavy (non-hydrogen) atoms. The van der Waals surface area contributed by atoms with Gasteiger partial charge in [0.2, 0.25) is 0 Å². The van der Waals surface area contributed by atoms with E-state index in [9.17, 15) is 10.1 Å². The Bertz CT molecular complexity index is 795. The van der Waals surface area contributed by atoms with Gasteiger partial charge in [0.15, 0.2) is 5.11 Å². The number of anilines is 1. The quantitative estimate of drug-likeness (QED) is 0.371. The van der Waals surface area contributed by atoms with Crippen molar-refractivity contribution in [1.29, 1.82) is 0 Å². The fourth-order valence-electron chi connectivity index (χ4n) is 2.12. The van der Waals surface area contributed by atoms with Crippen LogP contribution in [0.3, 0.4) is 0 Å². The van der Waals surface area contributed by atoms with Gasteiger partial charge in [0.25, 0.3) is 5.69 Å². The number of hydrogen-bond donors (Lipinski definition) is 2. The summed E-state index contributed by atoms with van der Waals surface area (Å²) in [5, 5.41) is 18.0. The van der Waals surface area contributed by atoms with E-state index < -0.39 is 4.92 Å². The van der Waals surface area contributed by atoms with E-state index in [1.807, 2.05) is 12.1 Å². The lowest BCUT2D eigenvalue weighted by Crippen LogP contribution is -2.24. The van der Waals surface area contributed by atoms with Crippen molar-refractivity contribution in [2.75, 3.05) is 5.32 Å². The highest BCUT2D eigenvalue weighted by atomic mass is 32.1. The number of nitrogens with zero attached hydrogens (tertiary/aromatic N) is 2. The van der Waals surface area contributed by atoms with Crippen molar-refractivity contribution >= 4 is 34.9 Å². The van der Waals surface area contributed by atoms with Gasteiger partial charge in [0.05, 0.1) is 11.1 Å². The molecule has 0 spiro atoms. The van der Waals surface area contributed by atoms with Crippen LogP contribution in [0.2, 0.25) is 0 Å². The third kappa shape index (κ3) is 5.36. The summed E-state index contributed by atoms with van der Waals surface area (Å²) >= 11 is 5.11. The highest BCUT2D eigenvalue weighted by Crippen LogP contribution is 2.23. The Kier molecular flexibility index (Phi) is 5.82. The van der Waals surface area contributed by atoms with E-state index in [0.717, 1.165) is 5.56 Å². The number of benzene rings is 2. The van der Waals surface area contributed by atoms with Gasteiger partial charge in [-0.05, 0) is 34.8 Å². The predicted octanol–water partition coefficient (Wildman–Crippen LogP) is 4.21. The van der Waals surface area contributed by atoms with Gasteiger partial charge in [-0.25, -0.2) is 0 Å². The summed E-state index contributed by atoms with van der Waals surface area (Å²) in [4.78, 5) is 10.5. The first-order chi connectivity index (χ1) is 11.8. The third-order valence-corrected chi connectivity index (χ3v) is 3.70. The zero-order valence-electron chi connectivity index (χ0n) is 14.3. The molecule has 130 valence electrons. The van der Waals surface area contributed by atoms with Gasteiger partial charge < -0.3 is 5.32 Å². The molecular weight excluding hydrogens is 336 g/mol. The number of rotatable bonds is 4. The second-order valence-corrected chi connectivity index (χ2v) is 6.88. The first-order valence-corrected chi connectivity index (χ1v) is 8.12. The number of hydrazone groups is 1. The van der Waals surface area contributed by atoms with Crippen LogP contribution in [0.25, 0.3) is 0 Å². The minimum absolute atomic E-state index is 0.0478. The second kappa shape index (κ2) is 7.85. The van der Waals surface area contributed by atoms with Crippen molar-refractivity contribution in [3.63, 3.8) is 0 Å². The van der Waals surface area contributed by atoms with E-state index in [0.29, 0.717) is 5.69 Å². The van der Waals surface area contributed by atoms with Crippen LogP contribution >= 0.6 is 12.2 Å². The van der Waals surface area contributed by atoms with Crippen molar-refractivity contribution in [2.24, 2.45) is 5.10 Å². The van der Waals surface area contributed by atoms with Crippen LogP contribution in [-0.2, 0) is 5.41 Å². The lowest BCUT2D eigenvalue weighted by Gasteiger charge is -2.18. The van der Waals surface area contributed by atoms with Crippen molar-refractivity contribution in [2.45, 2.75) is 26.2 Å². The zero-order chi connectivity index (χ0) is 18.4. The molecule has 2 aromatic rings. The lowest BCUT2D eigenvalue weighted by atomic mass is 9.87. The van der Waals surface area contributed by atoms with Gasteiger partial charge in [-0.1, -0.05) is 57.2 Å². The summed E-state index contributed by atoms with van der Waals surface area (Å²) in [5.74, 6) is 0. The maximum absolute atomic E-state index is 11.0. The minimum Gasteiger partial charge on any atom is -0.326 e. The Morgan fingerprint density at radius 3 is 2.40 bits per heavy atom. The highest BCUT2D eigenvalue weighted by Gasteiger charge is 2.13. The van der Waals surface area contributed by atoms with Crippen LogP contribution in [0.1, 0.15) is 31.9 Å². The molecule has 0 radical (unpaired) electrons. The number of nitro benzene ring substituents is 1. The van der Waals surface area contributed by atoms with E-state index in [2.05, 4.69) is 48.7 Å². The zero-order valence-corrected chi connectivity index (χ0v) is 15.1. The second-order valence-electron chi connectivity index (χ2n) is 6.47. The number of nitro groups is 1. The molecule has 0 aliphatic carbocycles. The van der Waals surface area contributed by atoms with Gasteiger partial charge in [-0.2, -0.15) is 5.10 Å². The molecule has 0 fully saturated rings. The Morgan fingerprint density at radius 2 is 1.80 bits per heavy atom. The summed E-state index contributed by atoms with van der Waals surface area (Å²) in [7, 11) is 0. The monoisotopic (exact) mass is 356 g/mol. The molecule has 0 bridgehead atoms. The molecule has 2 rings (SSSR count). The maximum Gasteiger partial charge on any atom is 0.292 e. The van der Waals surface area contributed by atoms with E-state index in [4.69, 9.17) is 12.2 Å². The molecule has 0 saturated carbocycles. The van der Waals surface area contributed by atoms with Crippen molar-refractivity contribution in [1.82, 2.24) is 5.43 Å². The predicted molar refractivity (Wildman–Crippen MR) is 105 cm³/mol. The third-order valence-electron chi connectivity index (χ3n) is 3.51. The van der Waals surface area contributed by atoms with Crippen LogP contribution in [-0.4, -0.2) is 16.3 Å². The molecule has 2 aromatic carbocycles. The van der Waals surface area contributed by atoms with Crippen LogP contribution in [0.4, 0.5) is 11.4 Å². The van der Waals surface area contributed by atoms with Crippen molar-refractivity contribution in [3.8, 4) is 0 Å². The van der Waals surface area contributed by atoms with Gasteiger partial charge >= 0.3 is 0 Å². The highest BCUT2D eigenvalue weighted by molar-refractivity contribution is 7.80. The van der Waals surface area contributed by atoms with Crippen molar-refractivity contribution in [3.05, 3.63) is 69.8 Å². The number of para-hydroxylation sites is 2. The molecule has 0 aliphatic heterocycles. The first kappa shape index (κ1) is 18.5. The Balaban J connectivity index is 1.96. The molecule has 0 amide bonds. The normalized spacial score (nSPS) is 11.3. The van der Waals surface area contributed by atoms with Crippen LogP contribution in [0, 0.1) is 10.1 Å². The molecular formula is C18H20N4O2S. The summed E-state index contributed by atoms with van der Waals surface area (Å²) in [6.07, 6.45) is 1.64. The minimum atomic E-state index is -0.467. The average Bonchev–Trinajstić information content (AvgIpc) is 2.55. The Morgan fingerprint density at radius 1 is 1.16 bits per heavy atom. The summed E-state index contributed by atoms with van der Waals surface area (Å²) in [6, 6.07) is 14.4. The molecule has 6 nitrogen and oxygen atoms in total. The van der Waals surface area contributed by atoms with Crippen LogP contribution in [0.15, 0.2) is 53.6 Å². The molecule has 0 saturated heterocycles. The molecule has 0 aromatic heterocycles. The molecule has 0 aliphatic rings. The van der Waals surface area contributed by atoms with Gasteiger partial charge in [-0.15, -0.1) is 0 Å². The maximum atomic E-state index is 11.0. The topological polar surface area (TPSA) is 79.6 Å². The van der Waals surface area contributed by atoms with E-state index in [1.165, 1.54) is 11.6 Å². The lowest BCUT2D eigenvalue weighted by molar-refractivity contribution is -0.383. The largest absolute Gasteiger partial charge is 0.326 e. The number of nitrogens with one attached hydrogen (secondary N) is 2. The van der Waals surface area contributed by atoms with Crippen molar-refractivity contribution < 1.29 is 4.92 Å². The Labute approximate surface area is 152 Å². The van der Waals surface area contributed by atoms with Gasteiger partial charge in [-0.3, -0.25) is 15.5 Å². The standard InChI is InChI=1S/C18H20N4O2S/c1-18(2,3)14-10-8-13(9-11-14)12-19-21-17(25)20-15-6-4-5-7-16(15)22(23)24/h4-12H,1-3H3,(H2,20,21,25). The van der Waals surface area contributed by atoms with Crippen LogP contribution < -0.4 is 10.7 Å². The fraction of sp³-hybridized carbons (Fsp3) is 0.222. The molecule has 0 atom stereocenters.